The number of carbonyl (C=O) groups is 2. The van der Waals surface area contributed by atoms with Crippen molar-refractivity contribution < 1.29 is 23.8 Å². The molecule has 7 heteroatoms. The van der Waals surface area contributed by atoms with Crippen LogP contribution in [0.2, 0.25) is 0 Å². The molecule has 2 aromatic rings. The first-order valence-electron chi connectivity index (χ1n) is 8.14. The fraction of sp³-hybridized carbons (Fsp3) is 0.316. The number of methoxy groups -OCH3 is 2. The van der Waals surface area contributed by atoms with Crippen LogP contribution in [-0.2, 0) is 16.1 Å². The molecule has 1 aromatic carbocycles. The molecular formula is C19H22N2O5. The first-order valence-corrected chi connectivity index (χ1v) is 8.14. The van der Waals surface area contributed by atoms with Gasteiger partial charge >= 0.3 is 5.97 Å². The monoisotopic (exact) mass is 358 g/mol. The van der Waals surface area contributed by atoms with Crippen LogP contribution in [0.4, 0.5) is 0 Å². The largest absolute Gasteiger partial charge is 0.493 e. The Morgan fingerprint density at radius 1 is 1.04 bits per heavy atom. The zero-order valence-electron chi connectivity index (χ0n) is 15.1. The molecule has 2 rings (SSSR count). The summed E-state index contributed by atoms with van der Waals surface area (Å²) < 4.78 is 15.6. The Kier molecular flexibility index (Phi) is 6.96. The lowest BCUT2D eigenvalue weighted by molar-refractivity contribution is -0.134. The molecule has 138 valence electrons. The molecule has 0 saturated carbocycles. The van der Waals surface area contributed by atoms with E-state index < -0.39 is 5.97 Å². The van der Waals surface area contributed by atoms with Gasteiger partial charge in [0.15, 0.2) is 18.1 Å². The predicted molar refractivity (Wildman–Crippen MR) is 95.2 cm³/mol. The summed E-state index contributed by atoms with van der Waals surface area (Å²) in [5, 5.41) is 0. The number of hydrogen-bond acceptors (Lipinski definition) is 6. The van der Waals surface area contributed by atoms with E-state index in [1.54, 1.807) is 25.2 Å². The molecule has 1 aromatic heterocycles. The number of amides is 1. The van der Waals surface area contributed by atoms with E-state index in [-0.39, 0.29) is 12.5 Å². The Labute approximate surface area is 152 Å². The van der Waals surface area contributed by atoms with Crippen molar-refractivity contribution in [2.75, 3.05) is 27.4 Å². The predicted octanol–water partition coefficient (Wildman–Crippen LogP) is 2.30. The Morgan fingerprint density at radius 2 is 1.73 bits per heavy atom. The van der Waals surface area contributed by atoms with Gasteiger partial charge in [0.1, 0.15) is 0 Å². The number of ether oxygens (including phenoxy) is 3. The number of aromatic nitrogens is 1. The molecule has 7 nitrogen and oxygen atoms in total. The average molecular weight is 358 g/mol. The molecule has 1 amide bonds. The van der Waals surface area contributed by atoms with Gasteiger partial charge in [-0.05, 0) is 36.8 Å². The van der Waals surface area contributed by atoms with E-state index in [0.29, 0.717) is 30.2 Å². The smallest absolute Gasteiger partial charge is 0.338 e. The van der Waals surface area contributed by atoms with Crippen molar-refractivity contribution in [1.82, 2.24) is 9.88 Å². The van der Waals surface area contributed by atoms with Crippen LogP contribution in [0.1, 0.15) is 22.8 Å². The van der Waals surface area contributed by atoms with Gasteiger partial charge in [-0.25, -0.2) is 4.79 Å². The van der Waals surface area contributed by atoms with Crippen molar-refractivity contribution in [1.29, 1.82) is 0 Å². The van der Waals surface area contributed by atoms with Gasteiger partial charge in [0, 0.05) is 25.5 Å². The van der Waals surface area contributed by atoms with Gasteiger partial charge in [0.05, 0.1) is 19.8 Å². The summed E-state index contributed by atoms with van der Waals surface area (Å²) >= 11 is 0. The first kappa shape index (κ1) is 19.2. The molecule has 0 atom stereocenters. The first-order chi connectivity index (χ1) is 12.6. The van der Waals surface area contributed by atoms with Gasteiger partial charge in [-0.2, -0.15) is 0 Å². The molecule has 26 heavy (non-hydrogen) atoms. The molecule has 0 unspecified atom stereocenters. The summed E-state index contributed by atoms with van der Waals surface area (Å²) in [5.41, 5.74) is 1.24. The quantitative estimate of drug-likeness (QED) is 0.674. The van der Waals surface area contributed by atoms with E-state index >= 15 is 0 Å². The lowest BCUT2D eigenvalue weighted by atomic mass is 10.2. The van der Waals surface area contributed by atoms with E-state index in [1.165, 1.54) is 24.5 Å². The molecule has 0 spiro atoms. The number of hydrogen-bond donors (Lipinski definition) is 0. The van der Waals surface area contributed by atoms with Crippen molar-refractivity contribution in [2.45, 2.75) is 13.5 Å². The molecule has 0 aliphatic rings. The highest BCUT2D eigenvalue weighted by molar-refractivity contribution is 5.91. The number of benzene rings is 1. The molecule has 0 fully saturated rings. The van der Waals surface area contributed by atoms with Crippen LogP contribution < -0.4 is 9.47 Å². The van der Waals surface area contributed by atoms with Gasteiger partial charge < -0.3 is 19.1 Å². The van der Waals surface area contributed by atoms with E-state index in [0.717, 1.165) is 5.56 Å². The molecule has 0 aliphatic heterocycles. The van der Waals surface area contributed by atoms with Crippen molar-refractivity contribution in [3.05, 3.63) is 53.9 Å². The van der Waals surface area contributed by atoms with Crippen molar-refractivity contribution >= 4 is 11.9 Å². The normalized spacial score (nSPS) is 10.1. The Morgan fingerprint density at radius 3 is 2.35 bits per heavy atom. The number of esters is 1. The zero-order chi connectivity index (χ0) is 18.9. The van der Waals surface area contributed by atoms with Crippen LogP contribution >= 0.6 is 0 Å². The summed E-state index contributed by atoms with van der Waals surface area (Å²) in [6, 6.07) is 8.54. The fourth-order valence-electron chi connectivity index (χ4n) is 2.37. The van der Waals surface area contributed by atoms with Crippen LogP contribution in [0.25, 0.3) is 0 Å². The number of nitrogens with zero attached hydrogens (tertiary/aromatic N) is 2. The number of likely N-dealkylation sites (N-methyl/N-ethyl adjacent to an activating group) is 1. The number of rotatable bonds is 8. The van der Waals surface area contributed by atoms with Crippen molar-refractivity contribution in [3.63, 3.8) is 0 Å². The topological polar surface area (TPSA) is 78.0 Å². The lowest BCUT2D eigenvalue weighted by Crippen LogP contribution is -2.34. The summed E-state index contributed by atoms with van der Waals surface area (Å²) in [4.78, 5) is 29.7. The molecule has 0 N–H and O–H groups in total. The second-order valence-corrected chi connectivity index (χ2v) is 5.41. The number of carbonyl (C=O) groups excluding carboxylic acids is 2. The number of pyridine rings is 1. The Balaban J connectivity index is 1.97. The third-order valence-electron chi connectivity index (χ3n) is 3.80. The second-order valence-electron chi connectivity index (χ2n) is 5.41. The summed E-state index contributed by atoms with van der Waals surface area (Å²) in [7, 11) is 3.12. The van der Waals surface area contributed by atoms with E-state index in [9.17, 15) is 9.59 Å². The Hall–Kier alpha value is -3.09. The Bertz CT molecular complexity index is 749. The molecule has 0 saturated heterocycles. The van der Waals surface area contributed by atoms with Crippen LogP contribution in [-0.4, -0.2) is 49.1 Å². The SMILES string of the molecule is CCN(Cc1ccc(OC)c(OC)c1)C(=O)COC(=O)c1ccncc1. The summed E-state index contributed by atoms with van der Waals surface area (Å²) in [6.45, 7) is 2.41. The summed E-state index contributed by atoms with van der Waals surface area (Å²) in [5.74, 6) is 0.391. The average Bonchev–Trinajstić information content (AvgIpc) is 2.70. The van der Waals surface area contributed by atoms with E-state index in [2.05, 4.69) is 4.98 Å². The van der Waals surface area contributed by atoms with Gasteiger partial charge in [0.25, 0.3) is 5.91 Å². The molecule has 0 radical (unpaired) electrons. The molecule has 0 aliphatic carbocycles. The maximum absolute atomic E-state index is 12.4. The van der Waals surface area contributed by atoms with Gasteiger partial charge in [0.2, 0.25) is 0 Å². The highest BCUT2D eigenvalue weighted by Crippen LogP contribution is 2.28. The minimum atomic E-state index is -0.553. The maximum Gasteiger partial charge on any atom is 0.338 e. The minimum Gasteiger partial charge on any atom is -0.493 e. The molecule has 1 heterocycles. The third kappa shape index (κ3) is 4.95. The van der Waals surface area contributed by atoms with Gasteiger partial charge in [-0.3, -0.25) is 9.78 Å². The highest BCUT2D eigenvalue weighted by Gasteiger charge is 2.16. The lowest BCUT2D eigenvalue weighted by Gasteiger charge is -2.21. The van der Waals surface area contributed by atoms with Crippen molar-refractivity contribution in [2.24, 2.45) is 0 Å². The van der Waals surface area contributed by atoms with Crippen molar-refractivity contribution in [3.8, 4) is 11.5 Å². The minimum absolute atomic E-state index is 0.273. The van der Waals surface area contributed by atoms with Gasteiger partial charge in [-0.1, -0.05) is 6.07 Å². The standard InChI is InChI=1S/C19H22N2O5/c1-4-21(12-14-5-6-16(24-2)17(11-14)25-3)18(22)13-26-19(23)15-7-9-20-10-8-15/h5-11H,4,12-13H2,1-3H3. The van der Waals surface area contributed by atoms with Crippen LogP contribution in [0, 0.1) is 0 Å². The fourth-order valence-corrected chi connectivity index (χ4v) is 2.37. The van der Waals surface area contributed by atoms with E-state index in [1.807, 2.05) is 19.1 Å². The third-order valence-corrected chi connectivity index (χ3v) is 3.80. The summed E-state index contributed by atoms with van der Waals surface area (Å²) in [6.07, 6.45) is 2.99. The zero-order valence-corrected chi connectivity index (χ0v) is 15.1. The van der Waals surface area contributed by atoms with E-state index in [4.69, 9.17) is 14.2 Å². The maximum atomic E-state index is 12.4. The highest BCUT2D eigenvalue weighted by atomic mass is 16.5. The second kappa shape index (κ2) is 9.41. The molecular weight excluding hydrogens is 336 g/mol. The van der Waals surface area contributed by atoms with Crippen LogP contribution in [0.15, 0.2) is 42.7 Å². The molecule has 0 bridgehead atoms. The van der Waals surface area contributed by atoms with Crippen LogP contribution in [0.5, 0.6) is 11.5 Å². The van der Waals surface area contributed by atoms with Crippen LogP contribution in [0.3, 0.4) is 0 Å². The van der Waals surface area contributed by atoms with Gasteiger partial charge in [-0.15, -0.1) is 0 Å².